The van der Waals surface area contributed by atoms with Gasteiger partial charge in [-0.05, 0) is 18.9 Å². The topological polar surface area (TPSA) is 62.5 Å². The summed E-state index contributed by atoms with van der Waals surface area (Å²) in [7, 11) is 0. The molecule has 1 amide bonds. The van der Waals surface area contributed by atoms with Gasteiger partial charge in [0.15, 0.2) is 0 Å². The molecule has 0 N–H and O–H groups in total. The van der Waals surface area contributed by atoms with Gasteiger partial charge in [0.1, 0.15) is 11.4 Å². The van der Waals surface area contributed by atoms with Crippen molar-refractivity contribution in [2.75, 3.05) is 26.2 Å². The highest BCUT2D eigenvalue weighted by molar-refractivity contribution is 5.76. The number of amides is 1. The van der Waals surface area contributed by atoms with Crippen LogP contribution in [0, 0.1) is 6.92 Å². The van der Waals surface area contributed by atoms with Crippen molar-refractivity contribution < 1.29 is 9.42 Å². The summed E-state index contributed by atoms with van der Waals surface area (Å²) >= 11 is 0. The van der Waals surface area contributed by atoms with Gasteiger partial charge in [-0.3, -0.25) is 9.69 Å². The zero-order valence-corrected chi connectivity index (χ0v) is 13.4. The molecular formula is C17H22N4O2. The Morgan fingerprint density at radius 2 is 1.87 bits per heavy atom. The normalized spacial score (nSPS) is 15.8. The van der Waals surface area contributed by atoms with Crippen LogP contribution >= 0.6 is 0 Å². The van der Waals surface area contributed by atoms with Gasteiger partial charge < -0.3 is 4.90 Å². The number of hydrogen-bond donors (Lipinski definition) is 0. The van der Waals surface area contributed by atoms with Crippen molar-refractivity contribution >= 4 is 5.91 Å². The summed E-state index contributed by atoms with van der Waals surface area (Å²) in [4.78, 5) is 16.6. The average molecular weight is 314 g/mol. The van der Waals surface area contributed by atoms with E-state index in [0.717, 1.165) is 50.5 Å². The molecule has 0 atom stereocenters. The lowest BCUT2D eigenvalue weighted by atomic mass is 10.1. The van der Waals surface area contributed by atoms with Crippen LogP contribution in [0.3, 0.4) is 0 Å². The second kappa shape index (κ2) is 7.37. The van der Waals surface area contributed by atoms with Crippen molar-refractivity contribution in [1.82, 2.24) is 20.1 Å². The minimum atomic E-state index is 0.243. The number of hydrogen-bond acceptors (Lipinski definition) is 5. The largest absolute Gasteiger partial charge is 0.340 e. The van der Waals surface area contributed by atoms with Gasteiger partial charge >= 0.3 is 0 Å². The minimum absolute atomic E-state index is 0.243. The highest BCUT2D eigenvalue weighted by atomic mass is 16.6. The van der Waals surface area contributed by atoms with E-state index >= 15 is 0 Å². The van der Waals surface area contributed by atoms with Crippen LogP contribution in [-0.4, -0.2) is 52.2 Å². The Bertz CT molecular complexity index is 633. The van der Waals surface area contributed by atoms with E-state index in [9.17, 15) is 4.79 Å². The first-order chi connectivity index (χ1) is 11.2. The molecule has 1 saturated heterocycles. The molecule has 0 radical (unpaired) electrons. The van der Waals surface area contributed by atoms with E-state index in [1.807, 2.05) is 30.0 Å². The summed E-state index contributed by atoms with van der Waals surface area (Å²) in [6, 6.07) is 10.2. The van der Waals surface area contributed by atoms with Crippen LogP contribution in [-0.2, 0) is 17.8 Å². The first kappa shape index (κ1) is 15.7. The van der Waals surface area contributed by atoms with Crippen LogP contribution in [0.25, 0.3) is 0 Å². The zero-order valence-electron chi connectivity index (χ0n) is 13.4. The lowest BCUT2D eigenvalue weighted by molar-refractivity contribution is -0.133. The fourth-order valence-corrected chi connectivity index (χ4v) is 2.81. The predicted molar refractivity (Wildman–Crippen MR) is 85.7 cm³/mol. The van der Waals surface area contributed by atoms with E-state index in [4.69, 9.17) is 4.63 Å². The van der Waals surface area contributed by atoms with Gasteiger partial charge in [-0.2, -0.15) is 0 Å². The highest BCUT2D eigenvalue weighted by Gasteiger charge is 2.22. The van der Waals surface area contributed by atoms with E-state index in [1.54, 1.807) is 0 Å². The number of benzene rings is 1. The Labute approximate surface area is 136 Å². The molecule has 0 saturated carbocycles. The molecule has 2 aromatic rings. The van der Waals surface area contributed by atoms with Crippen molar-refractivity contribution in [2.24, 2.45) is 0 Å². The molecule has 3 rings (SSSR count). The summed E-state index contributed by atoms with van der Waals surface area (Å²) in [6.45, 7) is 5.92. The standard InChI is InChI=1S/C17H22N4O2/c1-14-16(19-23-18-14)13-20-9-11-21(12-10-20)17(22)8-7-15-5-3-2-4-6-15/h2-6H,7-13H2,1H3. The van der Waals surface area contributed by atoms with Gasteiger partial charge in [0, 0.05) is 39.1 Å². The third kappa shape index (κ3) is 4.16. The summed E-state index contributed by atoms with van der Waals surface area (Å²) < 4.78 is 4.73. The quantitative estimate of drug-likeness (QED) is 0.840. The van der Waals surface area contributed by atoms with Crippen molar-refractivity contribution in [3.63, 3.8) is 0 Å². The average Bonchev–Trinajstić information content (AvgIpc) is 2.99. The second-order valence-corrected chi connectivity index (χ2v) is 5.94. The first-order valence-corrected chi connectivity index (χ1v) is 8.04. The van der Waals surface area contributed by atoms with E-state index in [0.29, 0.717) is 6.42 Å². The molecule has 23 heavy (non-hydrogen) atoms. The molecule has 0 bridgehead atoms. The molecular weight excluding hydrogens is 292 g/mol. The molecule has 1 aromatic carbocycles. The van der Waals surface area contributed by atoms with Crippen LogP contribution in [0.15, 0.2) is 35.0 Å². The molecule has 1 aliphatic heterocycles. The van der Waals surface area contributed by atoms with Crippen molar-refractivity contribution in [3.8, 4) is 0 Å². The Hall–Kier alpha value is -2.21. The molecule has 0 spiro atoms. The third-order valence-corrected chi connectivity index (χ3v) is 4.32. The zero-order chi connectivity index (χ0) is 16.1. The number of carbonyl (C=O) groups excluding carboxylic acids is 1. The number of carbonyl (C=O) groups is 1. The van der Waals surface area contributed by atoms with Crippen LogP contribution in [0.5, 0.6) is 0 Å². The maximum Gasteiger partial charge on any atom is 0.222 e. The van der Waals surface area contributed by atoms with Crippen LogP contribution < -0.4 is 0 Å². The number of aryl methyl sites for hydroxylation is 2. The van der Waals surface area contributed by atoms with Crippen LogP contribution in [0.4, 0.5) is 0 Å². The van der Waals surface area contributed by atoms with Gasteiger partial charge in [0.2, 0.25) is 5.91 Å². The lowest BCUT2D eigenvalue weighted by Crippen LogP contribution is -2.48. The summed E-state index contributed by atoms with van der Waals surface area (Å²) in [5.74, 6) is 0.243. The molecule has 6 nitrogen and oxygen atoms in total. The van der Waals surface area contributed by atoms with E-state index in [-0.39, 0.29) is 5.91 Å². The molecule has 0 aliphatic carbocycles. The first-order valence-electron chi connectivity index (χ1n) is 8.04. The highest BCUT2D eigenvalue weighted by Crippen LogP contribution is 2.11. The van der Waals surface area contributed by atoms with Gasteiger partial charge in [-0.1, -0.05) is 40.6 Å². The summed E-state index contributed by atoms with van der Waals surface area (Å²) in [5.41, 5.74) is 2.94. The monoisotopic (exact) mass is 314 g/mol. The fraction of sp³-hybridized carbons (Fsp3) is 0.471. The Morgan fingerprint density at radius 3 is 2.52 bits per heavy atom. The summed E-state index contributed by atoms with van der Waals surface area (Å²) in [5, 5.41) is 7.72. The van der Waals surface area contributed by atoms with E-state index < -0.39 is 0 Å². The van der Waals surface area contributed by atoms with Crippen LogP contribution in [0.1, 0.15) is 23.4 Å². The number of piperazine rings is 1. The fourth-order valence-electron chi connectivity index (χ4n) is 2.81. The minimum Gasteiger partial charge on any atom is -0.340 e. The lowest BCUT2D eigenvalue weighted by Gasteiger charge is -2.34. The van der Waals surface area contributed by atoms with E-state index in [1.165, 1.54) is 5.56 Å². The third-order valence-electron chi connectivity index (χ3n) is 4.32. The Morgan fingerprint density at radius 1 is 1.13 bits per heavy atom. The Balaban J connectivity index is 1.43. The van der Waals surface area contributed by atoms with Crippen molar-refractivity contribution in [2.45, 2.75) is 26.3 Å². The summed E-state index contributed by atoms with van der Waals surface area (Å²) in [6.07, 6.45) is 1.39. The number of nitrogens with zero attached hydrogens (tertiary/aromatic N) is 4. The second-order valence-electron chi connectivity index (χ2n) is 5.94. The van der Waals surface area contributed by atoms with Gasteiger partial charge in [0.25, 0.3) is 0 Å². The molecule has 122 valence electrons. The van der Waals surface area contributed by atoms with Crippen LogP contribution in [0.2, 0.25) is 0 Å². The van der Waals surface area contributed by atoms with Gasteiger partial charge in [-0.15, -0.1) is 0 Å². The number of rotatable bonds is 5. The molecule has 1 aromatic heterocycles. The maximum atomic E-state index is 12.3. The maximum absolute atomic E-state index is 12.3. The Kier molecular flexibility index (Phi) is 5.02. The van der Waals surface area contributed by atoms with E-state index in [2.05, 4.69) is 27.3 Å². The molecule has 0 unspecified atom stereocenters. The van der Waals surface area contributed by atoms with Crippen molar-refractivity contribution in [1.29, 1.82) is 0 Å². The SMILES string of the molecule is Cc1nonc1CN1CCN(C(=O)CCc2ccccc2)CC1. The van der Waals surface area contributed by atoms with Gasteiger partial charge in [-0.25, -0.2) is 4.63 Å². The van der Waals surface area contributed by atoms with Gasteiger partial charge in [0.05, 0.1) is 0 Å². The number of aromatic nitrogens is 2. The molecule has 1 aliphatic rings. The molecule has 6 heteroatoms. The molecule has 2 heterocycles. The van der Waals surface area contributed by atoms with Crippen molar-refractivity contribution in [3.05, 3.63) is 47.3 Å². The smallest absolute Gasteiger partial charge is 0.222 e. The molecule has 1 fully saturated rings. The predicted octanol–water partition coefficient (Wildman–Crippen LogP) is 1.66.